The van der Waals surface area contributed by atoms with E-state index < -0.39 is 22.5 Å². The number of anilines is 1. The second kappa shape index (κ2) is 14.7. The molecule has 1 fully saturated rings. The Bertz CT molecular complexity index is 1490. The molecule has 0 spiro atoms. The van der Waals surface area contributed by atoms with E-state index in [0.29, 0.717) is 28.7 Å². The predicted molar refractivity (Wildman–Crippen MR) is 162 cm³/mol. The Morgan fingerprint density at radius 3 is 2.36 bits per heavy atom. The van der Waals surface area contributed by atoms with Gasteiger partial charge in [-0.05, 0) is 92.4 Å². The lowest BCUT2D eigenvalue weighted by Gasteiger charge is -2.26. The molecule has 0 atom stereocenters. The Kier molecular flexibility index (Phi) is 10.8. The number of piperidine rings is 1. The van der Waals surface area contributed by atoms with Crippen molar-refractivity contribution >= 4 is 45.3 Å². The summed E-state index contributed by atoms with van der Waals surface area (Å²) in [5.74, 6) is 0.164. The van der Waals surface area contributed by atoms with E-state index in [1.807, 2.05) is 4.90 Å². The van der Waals surface area contributed by atoms with E-state index in [1.165, 1.54) is 30.5 Å². The second-order valence-electron chi connectivity index (χ2n) is 9.46. The Morgan fingerprint density at radius 1 is 0.976 bits per heavy atom. The van der Waals surface area contributed by atoms with E-state index in [1.54, 1.807) is 55.5 Å². The van der Waals surface area contributed by atoms with Crippen LogP contribution in [0.2, 0.25) is 5.02 Å². The number of sulfonamides is 1. The number of amides is 2. The molecule has 1 saturated heterocycles. The summed E-state index contributed by atoms with van der Waals surface area (Å²) in [6.07, 6.45) is 4.61. The third-order valence-corrected chi connectivity index (χ3v) is 8.50. The average molecular weight is 613 g/mol. The standard InChI is InChI=1S/C30H33ClN4O6S/c1-2-40-28-9-5-4-8-27(28)35(42(38,39)26-16-12-24(31)13-17-26)21-29(36)33-32-20-23-10-14-25(15-11-23)41-22-30(37)34-18-6-3-7-19-34/h4-5,8-17,20H,2-3,6-7,18-19,21-22H2,1H3,(H,33,36)/b32-20-. The smallest absolute Gasteiger partial charge is 0.264 e. The number of hydrogen-bond donors (Lipinski definition) is 1. The number of likely N-dealkylation sites (tertiary alicyclic amines) is 1. The van der Waals surface area contributed by atoms with Crippen LogP contribution in [0.5, 0.6) is 11.5 Å². The molecule has 3 aromatic carbocycles. The van der Waals surface area contributed by atoms with Gasteiger partial charge < -0.3 is 14.4 Å². The van der Waals surface area contributed by atoms with Gasteiger partial charge in [-0.2, -0.15) is 5.10 Å². The summed E-state index contributed by atoms with van der Waals surface area (Å²) in [6, 6.07) is 19.1. The van der Waals surface area contributed by atoms with Crippen molar-refractivity contribution in [2.24, 2.45) is 5.10 Å². The van der Waals surface area contributed by atoms with E-state index in [-0.39, 0.29) is 23.1 Å². The first kappa shape index (κ1) is 30.9. The van der Waals surface area contributed by atoms with Crippen LogP contribution in [0.15, 0.2) is 82.8 Å². The molecule has 0 unspecified atom stereocenters. The molecular formula is C30H33ClN4O6S. The summed E-state index contributed by atoms with van der Waals surface area (Å²) >= 11 is 5.95. The van der Waals surface area contributed by atoms with E-state index >= 15 is 0 Å². The lowest BCUT2D eigenvalue weighted by Crippen LogP contribution is -2.39. The maximum absolute atomic E-state index is 13.6. The molecule has 10 nitrogen and oxygen atoms in total. The van der Waals surface area contributed by atoms with Gasteiger partial charge in [-0.25, -0.2) is 13.8 Å². The van der Waals surface area contributed by atoms with Crippen LogP contribution < -0.4 is 19.2 Å². The number of carbonyl (C=O) groups excluding carboxylic acids is 2. The van der Waals surface area contributed by atoms with Gasteiger partial charge in [0.2, 0.25) is 0 Å². The quantitative estimate of drug-likeness (QED) is 0.238. The Morgan fingerprint density at radius 2 is 1.67 bits per heavy atom. The van der Waals surface area contributed by atoms with Crippen molar-refractivity contribution in [2.45, 2.75) is 31.1 Å². The van der Waals surface area contributed by atoms with Crippen LogP contribution in [-0.2, 0) is 19.6 Å². The molecule has 1 heterocycles. The molecule has 1 N–H and O–H groups in total. The Hall–Kier alpha value is -4.09. The number of benzene rings is 3. The largest absolute Gasteiger partial charge is 0.492 e. The third-order valence-electron chi connectivity index (χ3n) is 6.48. The van der Waals surface area contributed by atoms with Gasteiger partial charge in [-0.1, -0.05) is 23.7 Å². The number of nitrogens with zero attached hydrogens (tertiary/aromatic N) is 3. The highest BCUT2D eigenvalue weighted by molar-refractivity contribution is 7.92. The monoisotopic (exact) mass is 612 g/mol. The van der Waals surface area contributed by atoms with Gasteiger partial charge in [0.05, 0.1) is 23.4 Å². The van der Waals surface area contributed by atoms with Crippen molar-refractivity contribution in [3.05, 3.63) is 83.4 Å². The third kappa shape index (κ3) is 8.23. The van der Waals surface area contributed by atoms with Gasteiger partial charge in [0.25, 0.3) is 21.8 Å². The first-order valence-electron chi connectivity index (χ1n) is 13.6. The minimum absolute atomic E-state index is 0.0225. The van der Waals surface area contributed by atoms with Crippen molar-refractivity contribution in [2.75, 3.05) is 37.2 Å². The van der Waals surface area contributed by atoms with Crippen LogP contribution >= 0.6 is 11.6 Å². The van der Waals surface area contributed by atoms with Crippen molar-refractivity contribution in [1.29, 1.82) is 0 Å². The van der Waals surface area contributed by atoms with Crippen LogP contribution in [0.25, 0.3) is 0 Å². The highest BCUT2D eigenvalue weighted by atomic mass is 35.5. The zero-order chi connectivity index (χ0) is 30.0. The Balaban J connectivity index is 1.40. The zero-order valence-corrected chi connectivity index (χ0v) is 24.8. The molecule has 4 rings (SSSR count). The average Bonchev–Trinajstić information content (AvgIpc) is 3.00. The molecule has 222 valence electrons. The highest BCUT2D eigenvalue weighted by Gasteiger charge is 2.29. The fourth-order valence-electron chi connectivity index (χ4n) is 4.35. The van der Waals surface area contributed by atoms with Gasteiger partial charge in [0.1, 0.15) is 18.0 Å². The number of rotatable bonds is 12. The SMILES string of the molecule is CCOc1ccccc1N(CC(=O)N/N=C\c1ccc(OCC(=O)N2CCCCC2)cc1)S(=O)(=O)c1ccc(Cl)cc1. The van der Waals surface area contributed by atoms with Crippen molar-refractivity contribution < 1.29 is 27.5 Å². The minimum atomic E-state index is -4.17. The molecule has 0 aromatic heterocycles. The lowest BCUT2D eigenvalue weighted by atomic mass is 10.1. The summed E-state index contributed by atoms with van der Waals surface area (Å²) in [4.78, 5) is 27.0. The molecular weight excluding hydrogens is 580 g/mol. The minimum Gasteiger partial charge on any atom is -0.492 e. The normalized spacial score (nSPS) is 13.5. The van der Waals surface area contributed by atoms with Crippen LogP contribution in [-0.4, -0.2) is 64.2 Å². The molecule has 0 aliphatic carbocycles. The first-order chi connectivity index (χ1) is 20.3. The molecule has 12 heteroatoms. The molecule has 1 aliphatic rings. The second-order valence-corrected chi connectivity index (χ2v) is 11.8. The van der Waals surface area contributed by atoms with E-state index in [4.69, 9.17) is 21.1 Å². The summed E-state index contributed by atoms with van der Waals surface area (Å²) in [5, 5.41) is 4.36. The van der Waals surface area contributed by atoms with E-state index in [9.17, 15) is 18.0 Å². The lowest BCUT2D eigenvalue weighted by molar-refractivity contribution is -0.134. The van der Waals surface area contributed by atoms with Crippen LogP contribution in [0, 0.1) is 0 Å². The summed E-state index contributed by atoms with van der Waals surface area (Å²) < 4.78 is 39.5. The number of para-hydroxylation sites is 2. The topological polar surface area (TPSA) is 118 Å². The fourth-order valence-corrected chi connectivity index (χ4v) is 5.91. The zero-order valence-electron chi connectivity index (χ0n) is 23.2. The summed E-state index contributed by atoms with van der Waals surface area (Å²) in [5.41, 5.74) is 3.26. The Labute approximate surface area is 250 Å². The van der Waals surface area contributed by atoms with Crippen molar-refractivity contribution in [3.63, 3.8) is 0 Å². The van der Waals surface area contributed by atoms with Gasteiger partial charge in [-0.15, -0.1) is 0 Å². The van der Waals surface area contributed by atoms with Gasteiger partial charge in [0, 0.05) is 18.1 Å². The maximum atomic E-state index is 13.6. The molecule has 0 saturated carbocycles. The van der Waals surface area contributed by atoms with Gasteiger partial charge in [0.15, 0.2) is 6.61 Å². The predicted octanol–water partition coefficient (Wildman–Crippen LogP) is 4.48. The molecule has 0 radical (unpaired) electrons. The fraction of sp³-hybridized carbons (Fsp3) is 0.300. The number of halogens is 1. The van der Waals surface area contributed by atoms with Crippen LogP contribution in [0.3, 0.4) is 0 Å². The maximum Gasteiger partial charge on any atom is 0.264 e. The van der Waals surface area contributed by atoms with Crippen molar-refractivity contribution in [1.82, 2.24) is 10.3 Å². The number of ether oxygens (including phenoxy) is 2. The molecule has 42 heavy (non-hydrogen) atoms. The molecule has 3 aromatic rings. The number of carbonyl (C=O) groups is 2. The van der Waals surface area contributed by atoms with Gasteiger partial charge in [-0.3, -0.25) is 13.9 Å². The number of nitrogens with one attached hydrogen (secondary N) is 1. The highest BCUT2D eigenvalue weighted by Crippen LogP contribution is 2.32. The number of hydrazone groups is 1. The van der Waals surface area contributed by atoms with E-state index in [2.05, 4.69) is 10.5 Å². The summed E-state index contributed by atoms with van der Waals surface area (Å²) in [7, 11) is -4.17. The van der Waals surface area contributed by atoms with Gasteiger partial charge >= 0.3 is 0 Å². The molecule has 2 amide bonds. The molecule has 1 aliphatic heterocycles. The number of hydrogen-bond acceptors (Lipinski definition) is 7. The molecule has 0 bridgehead atoms. The van der Waals surface area contributed by atoms with E-state index in [0.717, 1.165) is 36.7 Å². The van der Waals surface area contributed by atoms with Crippen LogP contribution in [0.4, 0.5) is 5.69 Å². The summed E-state index contributed by atoms with van der Waals surface area (Å²) in [6.45, 7) is 3.06. The first-order valence-corrected chi connectivity index (χ1v) is 15.4. The van der Waals surface area contributed by atoms with Crippen molar-refractivity contribution in [3.8, 4) is 11.5 Å². The van der Waals surface area contributed by atoms with Crippen LogP contribution in [0.1, 0.15) is 31.7 Å².